The van der Waals surface area contributed by atoms with Gasteiger partial charge in [-0.05, 0) is 63.5 Å². The van der Waals surface area contributed by atoms with Crippen molar-refractivity contribution in [2.75, 3.05) is 5.32 Å². The van der Waals surface area contributed by atoms with Crippen LogP contribution in [0.2, 0.25) is 0 Å². The third kappa shape index (κ3) is 3.30. The Morgan fingerprint density at radius 1 is 1.25 bits per heavy atom. The average molecular weight is 406 g/mol. The Hall–Kier alpha value is -2.33. The van der Waals surface area contributed by atoms with Gasteiger partial charge < -0.3 is 5.32 Å². The van der Waals surface area contributed by atoms with Gasteiger partial charge in [-0.25, -0.2) is 18.5 Å². The van der Waals surface area contributed by atoms with E-state index in [4.69, 9.17) is 10.1 Å². The summed E-state index contributed by atoms with van der Waals surface area (Å²) in [4.78, 5) is 17.3. The van der Waals surface area contributed by atoms with Gasteiger partial charge in [0.05, 0.1) is 11.9 Å². The van der Waals surface area contributed by atoms with Crippen LogP contribution in [-0.2, 0) is 35.6 Å². The molecule has 28 heavy (non-hydrogen) atoms. The zero-order valence-corrected chi connectivity index (χ0v) is 16.7. The monoisotopic (exact) mass is 406 g/mol. The topological polar surface area (TPSA) is 115 Å². The molecule has 2 aliphatic carbocycles. The summed E-state index contributed by atoms with van der Waals surface area (Å²) in [6.45, 7) is 3.59. The lowest BCUT2D eigenvalue weighted by Gasteiger charge is -2.14. The van der Waals surface area contributed by atoms with E-state index in [9.17, 15) is 13.4 Å². The Balaban J connectivity index is 1.68. The number of nitrogens with zero attached hydrogens (tertiary/aromatic N) is 4. The van der Waals surface area contributed by atoms with Crippen LogP contribution >= 0.6 is 0 Å². The summed E-state index contributed by atoms with van der Waals surface area (Å²) in [5.74, 6) is -0.844. The molecule has 0 unspecified atom stereocenters. The van der Waals surface area contributed by atoms with Crippen molar-refractivity contribution < 1.29 is 13.4 Å². The minimum Gasteiger partial charge on any atom is -0.305 e. The van der Waals surface area contributed by atoms with Gasteiger partial charge in [0.1, 0.15) is 0 Å². The number of aryl methyl sites for hydroxylation is 2. The van der Waals surface area contributed by atoms with Crippen molar-refractivity contribution in [1.29, 1.82) is 0 Å². The molecule has 0 spiro atoms. The zero-order chi connectivity index (χ0) is 20.1. The van der Waals surface area contributed by atoms with E-state index >= 15 is 0 Å². The molecular formula is C18H23FN6O2S. The minimum atomic E-state index is -3.81. The van der Waals surface area contributed by atoms with Crippen LogP contribution < -0.4 is 10.5 Å². The highest BCUT2D eigenvalue weighted by atomic mass is 32.2. The van der Waals surface area contributed by atoms with Gasteiger partial charge >= 0.3 is 6.03 Å². The number of urea groups is 1. The minimum absolute atomic E-state index is 0.144. The van der Waals surface area contributed by atoms with Gasteiger partial charge in [0, 0.05) is 17.4 Å². The van der Waals surface area contributed by atoms with E-state index in [1.807, 2.05) is 0 Å². The molecule has 0 aliphatic heterocycles. The largest absolute Gasteiger partial charge is 0.354 e. The van der Waals surface area contributed by atoms with Crippen molar-refractivity contribution in [3.63, 3.8) is 0 Å². The predicted octanol–water partition coefficient (Wildman–Crippen LogP) is 2.91. The summed E-state index contributed by atoms with van der Waals surface area (Å²) in [5.41, 5.74) is 4.76. The Labute approximate surface area is 163 Å². The number of rotatable bonds is 3. The number of aromatic nitrogens is 3. The summed E-state index contributed by atoms with van der Waals surface area (Å²) in [6, 6.07) is -1.00. The second-order valence-corrected chi connectivity index (χ2v) is 9.20. The molecule has 150 valence electrons. The van der Waals surface area contributed by atoms with E-state index in [0.29, 0.717) is 5.69 Å². The highest BCUT2D eigenvalue weighted by molar-refractivity contribution is 7.91. The number of pyridine rings is 1. The fourth-order valence-corrected chi connectivity index (χ4v) is 4.77. The van der Waals surface area contributed by atoms with Crippen LogP contribution in [-0.4, -0.2) is 25.0 Å². The normalized spacial score (nSPS) is 17.3. The Morgan fingerprint density at radius 3 is 2.39 bits per heavy atom. The molecule has 3 N–H and O–H groups in total. The lowest BCUT2D eigenvalue weighted by atomic mass is 10.1. The smallest absolute Gasteiger partial charge is 0.305 e. The lowest BCUT2D eigenvalue weighted by molar-refractivity contribution is 0.260. The van der Waals surface area contributed by atoms with E-state index < -0.39 is 26.8 Å². The van der Waals surface area contributed by atoms with Gasteiger partial charge in [-0.1, -0.05) is 0 Å². The number of carbonyl (C=O) groups is 1. The Kier molecular flexibility index (Phi) is 4.70. The maximum atomic E-state index is 14.2. The second-order valence-electron chi connectivity index (χ2n) is 7.49. The van der Waals surface area contributed by atoms with Crippen molar-refractivity contribution in [2.24, 2.45) is 9.50 Å². The van der Waals surface area contributed by atoms with Gasteiger partial charge in [0.25, 0.3) is 0 Å². The fraction of sp³-hybridized carbons (Fsp3) is 0.500. The summed E-state index contributed by atoms with van der Waals surface area (Å²) < 4.78 is 31.8. The number of fused-ring (bicyclic) bond motifs is 2. The molecule has 4 rings (SSSR count). The standard InChI is InChI=1S/C18H23FN6O2S/c1-10(2)25-9-13(19)17(23-25)28(20,27)24-18(26)22-16-11-5-3-7-14(11)21-15-8-4-6-12(15)16/h9-10H,3-8H2,1-2H3,(H3,20,21,22,24,26,27)/t28-/m0/s1. The van der Waals surface area contributed by atoms with Crippen LogP contribution in [0, 0.1) is 5.82 Å². The number of amides is 2. The summed E-state index contributed by atoms with van der Waals surface area (Å²) in [6.07, 6.45) is 6.49. The van der Waals surface area contributed by atoms with Gasteiger partial charge in [0.2, 0.25) is 5.03 Å². The van der Waals surface area contributed by atoms with Crippen molar-refractivity contribution in [2.45, 2.75) is 63.4 Å². The van der Waals surface area contributed by atoms with E-state index in [1.54, 1.807) is 13.8 Å². The number of nitrogens with one attached hydrogen (secondary N) is 1. The number of halogens is 1. The molecule has 1 atom stereocenters. The molecule has 0 radical (unpaired) electrons. The SMILES string of the molecule is CC(C)n1cc(F)c([S@@](N)(=O)=NC(=O)Nc2c3c(nc4c2CCC4)CCC3)n1. The molecule has 2 aliphatic rings. The van der Waals surface area contributed by atoms with Crippen LogP contribution in [0.5, 0.6) is 0 Å². The third-order valence-electron chi connectivity index (χ3n) is 5.16. The zero-order valence-electron chi connectivity index (χ0n) is 15.9. The average Bonchev–Trinajstić information content (AvgIpc) is 3.32. The van der Waals surface area contributed by atoms with E-state index in [-0.39, 0.29) is 6.04 Å². The van der Waals surface area contributed by atoms with Crippen LogP contribution in [0.1, 0.15) is 55.2 Å². The summed E-state index contributed by atoms with van der Waals surface area (Å²) in [5, 5.41) is 11.9. The molecule has 0 saturated heterocycles. The van der Waals surface area contributed by atoms with Gasteiger partial charge in [-0.2, -0.15) is 5.10 Å². The predicted molar refractivity (Wildman–Crippen MR) is 103 cm³/mol. The van der Waals surface area contributed by atoms with Crippen LogP contribution in [0.4, 0.5) is 14.9 Å². The van der Waals surface area contributed by atoms with Crippen molar-refractivity contribution in [3.8, 4) is 0 Å². The van der Waals surface area contributed by atoms with Crippen LogP contribution in [0.15, 0.2) is 15.6 Å². The van der Waals surface area contributed by atoms with Gasteiger partial charge in [-0.3, -0.25) is 9.67 Å². The van der Waals surface area contributed by atoms with Crippen LogP contribution in [0.25, 0.3) is 0 Å². The fourth-order valence-electron chi connectivity index (χ4n) is 3.85. The van der Waals surface area contributed by atoms with Crippen molar-refractivity contribution in [3.05, 3.63) is 34.5 Å². The molecule has 2 heterocycles. The summed E-state index contributed by atoms with van der Waals surface area (Å²) in [7, 11) is -3.81. The highest BCUT2D eigenvalue weighted by Crippen LogP contribution is 2.36. The number of carbonyl (C=O) groups excluding carboxylic acids is 1. The van der Waals surface area contributed by atoms with Gasteiger partial charge in [0.15, 0.2) is 15.7 Å². The first kappa shape index (κ1) is 19.0. The van der Waals surface area contributed by atoms with Crippen molar-refractivity contribution >= 4 is 21.6 Å². The molecule has 10 heteroatoms. The molecule has 0 aromatic carbocycles. The number of nitrogens with two attached hydrogens (primary N) is 1. The maximum Gasteiger partial charge on any atom is 0.354 e. The molecule has 0 bridgehead atoms. The van der Waals surface area contributed by atoms with E-state index in [1.165, 1.54) is 4.68 Å². The van der Waals surface area contributed by atoms with Crippen LogP contribution in [0.3, 0.4) is 0 Å². The number of anilines is 1. The number of hydrogen-bond acceptors (Lipinski definition) is 4. The molecule has 2 amide bonds. The highest BCUT2D eigenvalue weighted by Gasteiger charge is 2.27. The molecule has 0 fully saturated rings. The molecule has 0 saturated carbocycles. The van der Waals surface area contributed by atoms with E-state index in [0.717, 1.165) is 67.2 Å². The molecular weight excluding hydrogens is 383 g/mol. The summed E-state index contributed by atoms with van der Waals surface area (Å²) >= 11 is 0. The van der Waals surface area contributed by atoms with E-state index in [2.05, 4.69) is 14.8 Å². The van der Waals surface area contributed by atoms with Crippen molar-refractivity contribution in [1.82, 2.24) is 14.8 Å². The molecule has 8 nitrogen and oxygen atoms in total. The first-order valence-electron chi connectivity index (χ1n) is 9.40. The van der Waals surface area contributed by atoms with Gasteiger partial charge in [-0.15, -0.1) is 4.36 Å². The maximum absolute atomic E-state index is 14.2. The molecule has 2 aromatic rings. The third-order valence-corrected chi connectivity index (χ3v) is 6.43. The Morgan fingerprint density at radius 2 is 1.86 bits per heavy atom. The second kappa shape index (κ2) is 6.93. The quantitative estimate of drug-likeness (QED) is 0.815. The number of hydrogen-bond donors (Lipinski definition) is 2. The Bertz CT molecular complexity index is 1050. The molecule has 2 aromatic heterocycles. The first-order chi connectivity index (χ1) is 13.3. The first-order valence-corrected chi connectivity index (χ1v) is 11.0. The lowest BCUT2D eigenvalue weighted by Crippen LogP contribution is -2.20.